The SMILES string of the molecule is Nc1c(C2CCNCC2)c(F)cc2c(=O)c(C(=O)O)cn(-c3ccc(F)cc3)c12. The Morgan fingerprint density at radius 2 is 1.83 bits per heavy atom. The molecule has 150 valence electrons. The van der Waals surface area contributed by atoms with Gasteiger partial charge in [-0.25, -0.2) is 13.6 Å². The lowest BCUT2D eigenvalue weighted by molar-refractivity contribution is 0.0695. The van der Waals surface area contributed by atoms with Crippen molar-refractivity contribution in [2.45, 2.75) is 18.8 Å². The molecule has 1 aromatic heterocycles. The summed E-state index contributed by atoms with van der Waals surface area (Å²) in [4.78, 5) is 24.3. The van der Waals surface area contributed by atoms with Crippen LogP contribution in [-0.4, -0.2) is 28.7 Å². The number of carbonyl (C=O) groups is 1. The van der Waals surface area contributed by atoms with Crippen molar-refractivity contribution in [2.24, 2.45) is 0 Å². The lowest BCUT2D eigenvalue weighted by Crippen LogP contribution is -2.28. The molecule has 3 aromatic rings. The normalized spacial score (nSPS) is 15.0. The molecule has 1 fully saturated rings. The molecule has 4 rings (SSSR count). The van der Waals surface area contributed by atoms with Gasteiger partial charge in [0.25, 0.3) is 0 Å². The second-order valence-electron chi connectivity index (χ2n) is 7.13. The van der Waals surface area contributed by atoms with Crippen LogP contribution in [0.15, 0.2) is 41.3 Å². The van der Waals surface area contributed by atoms with E-state index in [0.717, 1.165) is 25.4 Å². The Morgan fingerprint density at radius 1 is 1.17 bits per heavy atom. The van der Waals surface area contributed by atoms with E-state index in [0.29, 0.717) is 24.1 Å². The van der Waals surface area contributed by atoms with Gasteiger partial charge in [-0.05, 0) is 62.2 Å². The van der Waals surface area contributed by atoms with Crippen LogP contribution in [0.1, 0.15) is 34.7 Å². The predicted molar refractivity (Wildman–Crippen MR) is 106 cm³/mol. The minimum Gasteiger partial charge on any atom is -0.477 e. The largest absolute Gasteiger partial charge is 0.477 e. The highest BCUT2D eigenvalue weighted by atomic mass is 19.1. The van der Waals surface area contributed by atoms with E-state index < -0.39 is 28.6 Å². The van der Waals surface area contributed by atoms with Crippen molar-refractivity contribution in [1.29, 1.82) is 0 Å². The van der Waals surface area contributed by atoms with E-state index in [2.05, 4.69) is 5.32 Å². The molecule has 1 saturated heterocycles. The van der Waals surface area contributed by atoms with Gasteiger partial charge in [-0.1, -0.05) is 0 Å². The molecule has 6 nitrogen and oxygen atoms in total. The van der Waals surface area contributed by atoms with E-state index in [1.807, 2.05) is 0 Å². The fourth-order valence-corrected chi connectivity index (χ4v) is 3.99. The van der Waals surface area contributed by atoms with Crippen molar-refractivity contribution in [2.75, 3.05) is 18.8 Å². The summed E-state index contributed by atoms with van der Waals surface area (Å²) in [5, 5.41) is 12.5. The van der Waals surface area contributed by atoms with Crippen molar-refractivity contribution >= 4 is 22.6 Å². The second kappa shape index (κ2) is 7.29. The Morgan fingerprint density at radius 3 is 2.45 bits per heavy atom. The van der Waals surface area contributed by atoms with Crippen molar-refractivity contribution < 1.29 is 18.7 Å². The number of carboxylic acid groups (broad SMARTS) is 1. The smallest absolute Gasteiger partial charge is 0.341 e. The van der Waals surface area contributed by atoms with Crippen LogP contribution < -0.4 is 16.5 Å². The summed E-state index contributed by atoms with van der Waals surface area (Å²) in [6, 6.07) is 6.38. The van der Waals surface area contributed by atoms with Gasteiger partial charge in [-0.15, -0.1) is 0 Å². The number of aromatic carboxylic acids is 1. The summed E-state index contributed by atoms with van der Waals surface area (Å²) in [5.74, 6) is -2.63. The highest BCUT2D eigenvalue weighted by molar-refractivity contribution is 5.98. The molecule has 0 amide bonds. The molecule has 0 radical (unpaired) electrons. The van der Waals surface area contributed by atoms with Crippen LogP contribution in [-0.2, 0) is 0 Å². The number of fused-ring (bicyclic) bond motifs is 1. The van der Waals surface area contributed by atoms with Gasteiger partial charge in [0.05, 0.1) is 16.6 Å². The van der Waals surface area contributed by atoms with Gasteiger partial charge in [-0.3, -0.25) is 4.79 Å². The van der Waals surface area contributed by atoms with Gasteiger partial charge in [0.15, 0.2) is 0 Å². The zero-order valence-corrected chi connectivity index (χ0v) is 15.4. The summed E-state index contributed by atoms with van der Waals surface area (Å²) >= 11 is 0. The molecule has 0 spiro atoms. The Bertz CT molecular complexity index is 1170. The molecule has 4 N–H and O–H groups in total. The molecule has 2 heterocycles. The summed E-state index contributed by atoms with van der Waals surface area (Å²) < 4.78 is 29.8. The maximum absolute atomic E-state index is 15.0. The molecule has 8 heteroatoms. The third-order valence-electron chi connectivity index (χ3n) is 5.40. The van der Waals surface area contributed by atoms with E-state index in [9.17, 15) is 19.1 Å². The van der Waals surface area contributed by atoms with Gasteiger partial charge < -0.3 is 20.7 Å². The lowest BCUT2D eigenvalue weighted by atomic mass is 9.87. The molecule has 0 aliphatic carbocycles. The number of piperidine rings is 1. The molecule has 1 aliphatic rings. The summed E-state index contributed by atoms with van der Waals surface area (Å²) in [5.41, 5.74) is 6.11. The lowest BCUT2D eigenvalue weighted by Gasteiger charge is -2.26. The monoisotopic (exact) mass is 399 g/mol. The number of nitrogens with one attached hydrogen (secondary N) is 1. The van der Waals surface area contributed by atoms with Gasteiger partial charge in [0, 0.05) is 17.4 Å². The Balaban J connectivity index is 2.08. The van der Waals surface area contributed by atoms with E-state index in [4.69, 9.17) is 5.73 Å². The second-order valence-corrected chi connectivity index (χ2v) is 7.13. The minimum absolute atomic E-state index is 0.102. The Kier molecular flexibility index (Phi) is 4.79. The topological polar surface area (TPSA) is 97.3 Å². The number of aromatic nitrogens is 1. The van der Waals surface area contributed by atoms with Crippen molar-refractivity contribution in [3.8, 4) is 5.69 Å². The van der Waals surface area contributed by atoms with Crippen LogP contribution in [0.25, 0.3) is 16.6 Å². The molecule has 0 atom stereocenters. The quantitative estimate of drug-likeness (QED) is 0.588. The number of hydrogen-bond acceptors (Lipinski definition) is 4. The first-order valence-corrected chi connectivity index (χ1v) is 9.25. The zero-order chi connectivity index (χ0) is 20.7. The molecule has 0 bridgehead atoms. The predicted octanol–water partition coefficient (Wildman–Crippen LogP) is 3.02. The first-order chi connectivity index (χ1) is 13.9. The van der Waals surface area contributed by atoms with E-state index >= 15 is 4.39 Å². The van der Waals surface area contributed by atoms with Crippen molar-refractivity contribution in [3.63, 3.8) is 0 Å². The van der Waals surface area contributed by atoms with Gasteiger partial charge in [0.2, 0.25) is 5.43 Å². The van der Waals surface area contributed by atoms with Crippen LogP contribution in [0, 0.1) is 11.6 Å². The molecular formula is C21H19F2N3O3. The highest BCUT2D eigenvalue weighted by Crippen LogP contribution is 2.37. The number of rotatable bonds is 3. The maximum atomic E-state index is 15.0. The fourth-order valence-electron chi connectivity index (χ4n) is 3.99. The molecular weight excluding hydrogens is 380 g/mol. The van der Waals surface area contributed by atoms with Gasteiger partial charge >= 0.3 is 5.97 Å². The number of pyridine rings is 1. The van der Waals surface area contributed by atoms with Crippen molar-refractivity contribution in [1.82, 2.24) is 9.88 Å². The zero-order valence-electron chi connectivity index (χ0n) is 15.4. The van der Waals surface area contributed by atoms with E-state index in [1.54, 1.807) is 0 Å². The minimum atomic E-state index is -1.44. The summed E-state index contributed by atoms with van der Waals surface area (Å²) in [6.07, 6.45) is 2.54. The van der Waals surface area contributed by atoms with Crippen LogP contribution in [0.4, 0.5) is 14.5 Å². The third kappa shape index (κ3) is 3.25. The first-order valence-electron chi connectivity index (χ1n) is 9.25. The number of carboxylic acids is 1. The first kappa shape index (κ1) is 19.1. The van der Waals surface area contributed by atoms with E-state index in [-0.39, 0.29) is 22.5 Å². The number of benzene rings is 2. The average Bonchev–Trinajstić information content (AvgIpc) is 2.70. The fraction of sp³-hybridized carbons (Fsp3) is 0.238. The summed E-state index contributed by atoms with van der Waals surface area (Å²) in [7, 11) is 0. The van der Waals surface area contributed by atoms with Crippen LogP contribution in [0.3, 0.4) is 0 Å². The van der Waals surface area contributed by atoms with Crippen LogP contribution in [0.2, 0.25) is 0 Å². The number of halogens is 2. The Labute approximate surface area is 164 Å². The van der Waals surface area contributed by atoms with Gasteiger partial charge in [-0.2, -0.15) is 0 Å². The number of nitrogens with zero attached hydrogens (tertiary/aromatic N) is 1. The number of anilines is 1. The Hall–Kier alpha value is -3.26. The average molecular weight is 399 g/mol. The molecule has 1 aliphatic heterocycles. The summed E-state index contributed by atoms with van der Waals surface area (Å²) in [6.45, 7) is 1.45. The number of hydrogen-bond donors (Lipinski definition) is 3. The van der Waals surface area contributed by atoms with Crippen LogP contribution in [0.5, 0.6) is 0 Å². The van der Waals surface area contributed by atoms with E-state index in [1.165, 1.54) is 28.8 Å². The van der Waals surface area contributed by atoms with Crippen molar-refractivity contribution in [3.05, 3.63) is 69.5 Å². The van der Waals surface area contributed by atoms with Gasteiger partial charge in [0.1, 0.15) is 17.2 Å². The maximum Gasteiger partial charge on any atom is 0.341 e. The number of nitrogen functional groups attached to an aromatic ring is 1. The highest BCUT2D eigenvalue weighted by Gasteiger charge is 2.26. The molecule has 0 unspecified atom stereocenters. The van der Waals surface area contributed by atoms with Crippen LogP contribution >= 0.6 is 0 Å². The third-order valence-corrected chi connectivity index (χ3v) is 5.40. The molecule has 2 aromatic carbocycles. The standard InChI is InChI=1S/C21H19F2N3O3/c22-12-1-3-13(4-2-12)26-10-15(21(28)29)20(27)14-9-16(23)17(18(24)19(14)26)11-5-7-25-8-6-11/h1-4,9-11,25H,5-8,24H2,(H,28,29). The number of nitrogens with two attached hydrogens (primary N) is 1. The molecule has 0 saturated carbocycles. The molecule has 29 heavy (non-hydrogen) atoms.